The number of carbonyl (C=O) groups is 1. The predicted octanol–water partition coefficient (Wildman–Crippen LogP) is 5.72. The van der Waals surface area contributed by atoms with Gasteiger partial charge in [0.05, 0.1) is 32.8 Å². The highest BCUT2D eigenvalue weighted by molar-refractivity contribution is 7.16. The quantitative estimate of drug-likeness (QED) is 0.380. The minimum Gasteiger partial charge on any atom is -0.479 e. The standard InChI is InChI=1S/C25H21F2N3O2S/c1-24(26,27)21-8-9-22-25(32-19-5-3-2-4-18(19)30(21)22)10-12-29(13-11-25)23(31)16-6-7-17-20(14-16)33-15-28-17/h2-9,14-15H,10-13H2,1H3. The molecular weight excluding hydrogens is 444 g/mol. The number of fused-ring (bicyclic) bond motifs is 5. The smallest absolute Gasteiger partial charge is 0.285 e. The van der Waals surface area contributed by atoms with E-state index in [1.54, 1.807) is 22.2 Å². The summed E-state index contributed by atoms with van der Waals surface area (Å²) < 4.78 is 38.0. The number of halogens is 2. The molecule has 4 heterocycles. The Hall–Kier alpha value is -3.26. The Labute approximate surface area is 193 Å². The lowest BCUT2D eigenvalue weighted by Crippen LogP contribution is -2.50. The maximum atomic E-state index is 14.5. The molecule has 2 aliphatic heterocycles. The Morgan fingerprint density at radius 3 is 2.70 bits per heavy atom. The van der Waals surface area contributed by atoms with Gasteiger partial charge in [-0.2, -0.15) is 0 Å². The molecule has 6 rings (SSSR count). The van der Waals surface area contributed by atoms with E-state index < -0.39 is 11.5 Å². The van der Waals surface area contributed by atoms with Gasteiger partial charge in [-0.15, -0.1) is 11.3 Å². The third kappa shape index (κ3) is 3.15. The summed E-state index contributed by atoms with van der Waals surface area (Å²) in [7, 11) is 0. The second-order valence-electron chi connectivity index (χ2n) is 8.72. The molecule has 168 valence electrons. The van der Waals surface area contributed by atoms with E-state index in [1.807, 2.05) is 41.3 Å². The molecule has 1 fully saturated rings. The third-order valence-electron chi connectivity index (χ3n) is 6.65. The van der Waals surface area contributed by atoms with E-state index in [0.29, 0.717) is 42.9 Å². The Morgan fingerprint density at radius 2 is 1.91 bits per heavy atom. The molecule has 8 heteroatoms. The van der Waals surface area contributed by atoms with Gasteiger partial charge in [0.15, 0.2) is 5.60 Å². The zero-order chi connectivity index (χ0) is 22.8. The lowest BCUT2D eigenvalue weighted by molar-refractivity contribution is -0.0149. The zero-order valence-electron chi connectivity index (χ0n) is 17.9. The first-order valence-corrected chi connectivity index (χ1v) is 11.8. The van der Waals surface area contributed by atoms with Gasteiger partial charge in [-0.3, -0.25) is 4.79 Å². The normalized spacial score (nSPS) is 17.0. The number of benzene rings is 2. The summed E-state index contributed by atoms with van der Waals surface area (Å²) in [5.74, 6) is -2.44. The highest BCUT2D eigenvalue weighted by Gasteiger charge is 2.47. The van der Waals surface area contributed by atoms with Crippen molar-refractivity contribution < 1.29 is 18.3 Å². The number of thiazole rings is 1. The monoisotopic (exact) mass is 465 g/mol. The summed E-state index contributed by atoms with van der Waals surface area (Å²) in [5.41, 5.74) is 3.82. The molecule has 2 aliphatic rings. The van der Waals surface area contributed by atoms with Crippen molar-refractivity contribution >= 4 is 27.5 Å². The number of piperidine rings is 1. The number of hydrogen-bond donors (Lipinski definition) is 0. The fraction of sp³-hybridized carbons (Fsp3) is 0.280. The minimum absolute atomic E-state index is 0.0347. The average molecular weight is 466 g/mol. The average Bonchev–Trinajstić information content (AvgIpc) is 3.46. The maximum Gasteiger partial charge on any atom is 0.285 e. The zero-order valence-corrected chi connectivity index (χ0v) is 18.7. The first-order valence-electron chi connectivity index (χ1n) is 10.9. The molecule has 1 spiro atoms. The number of hydrogen-bond acceptors (Lipinski definition) is 4. The number of ether oxygens (including phenoxy) is 1. The van der Waals surface area contributed by atoms with Crippen LogP contribution in [0.3, 0.4) is 0 Å². The van der Waals surface area contributed by atoms with E-state index in [-0.39, 0.29) is 11.6 Å². The molecule has 0 aliphatic carbocycles. The Balaban J connectivity index is 1.32. The number of carbonyl (C=O) groups excluding carboxylic acids is 1. The van der Waals surface area contributed by atoms with Gasteiger partial charge in [-0.1, -0.05) is 12.1 Å². The molecule has 1 saturated heterocycles. The Bertz CT molecular complexity index is 1380. The lowest BCUT2D eigenvalue weighted by Gasteiger charge is -2.45. The van der Waals surface area contributed by atoms with Gasteiger partial charge < -0.3 is 14.2 Å². The van der Waals surface area contributed by atoms with Crippen molar-refractivity contribution in [3.05, 3.63) is 77.1 Å². The molecule has 0 bridgehead atoms. The largest absolute Gasteiger partial charge is 0.479 e. The molecule has 0 unspecified atom stereocenters. The van der Waals surface area contributed by atoms with Crippen LogP contribution in [-0.4, -0.2) is 33.4 Å². The van der Waals surface area contributed by atoms with Gasteiger partial charge in [0.2, 0.25) is 0 Å². The number of alkyl halides is 2. The van der Waals surface area contributed by atoms with Crippen LogP contribution >= 0.6 is 11.3 Å². The molecule has 0 radical (unpaired) electrons. The van der Waals surface area contributed by atoms with E-state index >= 15 is 0 Å². The van der Waals surface area contributed by atoms with Crippen molar-refractivity contribution in [3.63, 3.8) is 0 Å². The highest BCUT2D eigenvalue weighted by Crippen LogP contribution is 2.47. The molecule has 2 aromatic heterocycles. The topological polar surface area (TPSA) is 47.4 Å². The lowest BCUT2D eigenvalue weighted by atomic mass is 9.86. The number of amides is 1. The van der Waals surface area contributed by atoms with Crippen LogP contribution in [-0.2, 0) is 11.5 Å². The van der Waals surface area contributed by atoms with Gasteiger partial charge in [0.1, 0.15) is 5.75 Å². The van der Waals surface area contributed by atoms with Crippen LogP contribution in [0.4, 0.5) is 8.78 Å². The number of nitrogens with zero attached hydrogens (tertiary/aromatic N) is 3. The SMILES string of the molecule is CC(F)(F)c1ccc2n1-c1ccccc1OC21CCN(C(=O)c2ccc3ncsc3c2)CC1. The van der Waals surface area contributed by atoms with Crippen LogP contribution in [0.5, 0.6) is 5.75 Å². The minimum atomic E-state index is -2.99. The van der Waals surface area contributed by atoms with E-state index in [0.717, 1.165) is 22.8 Å². The highest BCUT2D eigenvalue weighted by atomic mass is 32.1. The fourth-order valence-electron chi connectivity index (χ4n) is 4.99. The first-order chi connectivity index (χ1) is 15.9. The van der Waals surface area contributed by atoms with Crippen molar-refractivity contribution in [2.45, 2.75) is 31.3 Å². The van der Waals surface area contributed by atoms with E-state index in [1.165, 1.54) is 17.4 Å². The van der Waals surface area contributed by atoms with Gasteiger partial charge in [0, 0.05) is 38.4 Å². The molecule has 0 atom stereocenters. The van der Waals surface area contributed by atoms with Crippen LogP contribution in [0.25, 0.3) is 15.9 Å². The second-order valence-corrected chi connectivity index (χ2v) is 9.61. The van der Waals surface area contributed by atoms with Gasteiger partial charge in [-0.05, 0) is 42.5 Å². The van der Waals surface area contributed by atoms with Gasteiger partial charge in [-0.25, -0.2) is 13.8 Å². The van der Waals surface area contributed by atoms with E-state index in [4.69, 9.17) is 4.74 Å². The van der Waals surface area contributed by atoms with E-state index in [2.05, 4.69) is 4.98 Å². The van der Waals surface area contributed by atoms with Crippen molar-refractivity contribution in [2.75, 3.05) is 13.1 Å². The molecule has 0 N–H and O–H groups in total. The number of aromatic nitrogens is 2. The second kappa shape index (κ2) is 7.12. The van der Waals surface area contributed by atoms with Crippen LogP contribution < -0.4 is 4.74 Å². The van der Waals surface area contributed by atoms with Crippen LogP contribution in [0.15, 0.2) is 60.1 Å². The molecule has 5 nitrogen and oxygen atoms in total. The fourth-order valence-corrected chi connectivity index (χ4v) is 5.70. The number of rotatable bonds is 2. The first kappa shape index (κ1) is 20.4. The molecule has 1 amide bonds. The molecular formula is C25H21F2N3O2S. The predicted molar refractivity (Wildman–Crippen MR) is 122 cm³/mol. The van der Waals surface area contributed by atoms with Crippen molar-refractivity contribution in [1.29, 1.82) is 0 Å². The van der Waals surface area contributed by atoms with Crippen LogP contribution in [0.1, 0.15) is 41.5 Å². The third-order valence-corrected chi connectivity index (χ3v) is 7.44. The van der Waals surface area contributed by atoms with Gasteiger partial charge in [0.25, 0.3) is 11.8 Å². The summed E-state index contributed by atoms with van der Waals surface area (Å²) in [6.07, 6.45) is 1.04. The Morgan fingerprint density at radius 1 is 1.12 bits per heavy atom. The number of likely N-dealkylation sites (tertiary alicyclic amines) is 1. The summed E-state index contributed by atoms with van der Waals surface area (Å²) in [5, 5.41) is 0. The summed E-state index contributed by atoms with van der Waals surface area (Å²) in [6.45, 7) is 1.87. The summed E-state index contributed by atoms with van der Waals surface area (Å²) in [6, 6.07) is 16.1. The molecule has 0 saturated carbocycles. The van der Waals surface area contributed by atoms with E-state index in [9.17, 15) is 13.6 Å². The molecule has 4 aromatic rings. The molecule has 33 heavy (non-hydrogen) atoms. The number of para-hydroxylation sites is 2. The van der Waals surface area contributed by atoms with Gasteiger partial charge >= 0.3 is 0 Å². The van der Waals surface area contributed by atoms with Crippen molar-refractivity contribution in [2.24, 2.45) is 0 Å². The Kier molecular flexibility index (Phi) is 4.39. The van der Waals surface area contributed by atoms with Crippen LogP contribution in [0, 0.1) is 0 Å². The van der Waals surface area contributed by atoms with Crippen LogP contribution in [0.2, 0.25) is 0 Å². The maximum absolute atomic E-state index is 14.5. The van der Waals surface area contributed by atoms with Crippen molar-refractivity contribution in [3.8, 4) is 11.4 Å². The molecule has 2 aromatic carbocycles. The summed E-state index contributed by atoms with van der Waals surface area (Å²) >= 11 is 1.51. The van der Waals surface area contributed by atoms with Crippen molar-refractivity contribution in [1.82, 2.24) is 14.5 Å². The summed E-state index contributed by atoms with van der Waals surface area (Å²) in [4.78, 5) is 19.3.